The van der Waals surface area contributed by atoms with Crippen molar-refractivity contribution in [3.05, 3.63) is 35.2 Å². The van der Waals surface area contributed by atoms with Gasteiger partial charge in [-0.1, -0.05) is 23.7 Å². The predicted molar refractivity (Wildman–Crippen MR) is 92.3 cm³/mol. The number of aromatic nitrogens is 2. The van der Waals surface area contributed by atoms with Crippen LogP contribution in [0, 0.1) is 0 Å². The SMILES string of the molecule is CN(C)c1noc(CN(C)C2CCN(c3ccccc3Cl)C2=O)n1. The molecule has 0 aliphatic carbocycles. The van der Waals surface area contributed by atoms with E-state index in [9.17, 15) is 4.79 Å². The summed E-state index contributed by atoms with van der Waals surface area (Å²) in [5.74, 6) is 1.05. The molecule has 1 saturated heterocycles. The molecule has 2 heterocycles. The maximum atomic E-state index is 12.8. The number of benzene rings is 1. The smallest absolute Gasteiger partial charge is 0.265 e. The molecule has 3 rings (SSSR count). The van der Waals surface area contributed by atoms with Crippen LogP contribution < -0.4 is 9.80 Å². The maximum Gasteiger partial charge on any atom is 0.265 e. The number of hydrogen-bond donors (Lipinski definition) is 0. The molecule has 2 aromatic rings. The summed E-state index contributed by atoms with van der Waals surface area (Å²) >= 11 is 6.21. The van der Waals surface area contributed by atoms with Crippen molar-refractivity contribution in [3.8, 4) is 0 Å². The molecule has 0 radical (unpaired) electrons. The van der Waals surface area contributed by atoms with Crippen LogP contribution in [0.5, 0.6) is 0 Å². The number of amides is 1. The van der Waals surface area contributed by atoms with E-state index < -0.39 is 0 Å². The van der Waals surface area contributed by atoms with E-state index >= 15 is 0 Å². The van der Waals surface area contributed by atoms with Gasteiger partial charge in [-0.2, -0.15) is 4.98 Å². The van der Waals surface area contributed by atoms with Gasteiger partial charge in [-0.3, -0.25) is 9.69 Å². The third kappa shape index (κ3) is 3.22. The third-order valence-corrected chi connectivity index (χ3v) is 4.41. The number of para-hydroxylation sites is 1. The molecule has 1 aliphatic rings. The number of halogens is 1. The van der Waals surface area contributed by atoms with Crippen LogP contribution in [0.25, 0.3) is 0 Å². The van der Waals surface area contributed by atoms with Gasteiger partial charge < -0.3 is 14.3 Å². The van der Waals surface area contributed by atoms with Crippen LogP contribution in [0.3, 0.4) is 0 Å². The fourth-order valence-corrected chi connectivity index (χ4v) is 3.04. The Bertz CT molecular complexity index is 733. The zero-order valence-corrected chi connectivity index (χ0v) is 14.7. The summed E-state index contributed by atoms with van der Waals surface area (Å²) in [5, 5.41) is 4.47. The second kappa shape index (κ2) is 6.78. The molecule has 0 spiro atoms. The van der Waals surface area contributed by atoms with Gasteiger partial charge in [0.25, 0.3) is 5.95 Å². The molecule has 1 unspecified atom stereocenters. The summed E-state index contributed by atoms with van der Waals surface area (Å²) in [6.07, 6.45) is 0.731. The summed E-state index contributed by atoms with van der Waals surface area (Å²) in [6.45, 7) is 1.07. The Morgan fingerprint density at radius 2 is 2.08 bits per heavy atom. The lowest BCUT2D eigenvalue weighted by Gasteiger charge is -2.22. The molecular formula is C16H20ClN5O2. The zero-order valence-electron chi connectivity index (χ0n) is 13.9. The van der Waals surface area contributed by atoms with E-state index in [1.54, 1.807) is 15.9 Å². The molecule has 1 fully saturated rings. The minimum Gasteiger partial charge on any atom is -0.344 e. The van der Waals surface area contributed by atoms with Crippen LogP contribution in [-0.2, 0) is 11.3 Å². The molecule has 1 aromatic heterocycles. The first kappa shape index (κ1) is 16.7. The fourth-order valence-electron chi connectivity index (χ4n) is 2.80. The van der Waals surface area contributed by atoms with Crippen LogP contribution in [0.2, 0.25) is 5.02 Å². The number of carbonyl (C=O) groups excluding carboxylic acids is 1. The van der Waals surface area contributed by atoms with Gasteiger partial charge in [-0.05, 0) is 30.8 Å². The topological polar surface area (TPSA) is 65.7 Å². The van der Waals surface area contributed by atoms with Crippen molar-refractivity contribution in [3.63, 3.8) is 0 Å². The van der Waals surface area contributed by atoms with Crippen LogP contribution >= 0.6 is 11.6 Å². The lowest BCUT2D eigenvalue weighted by molar-refractivity contribution is -0.121. The van der Waals surface area contributed by atoms with E-state index in [-0.39, 0.29) is 11.9 Å². The quantitative estimate of drug-likeness (QED) is 0.823. The molecule has 1 atom stereocenters. The minimum atomic E-state index is -0.226. The lowest BCUT2D eigenvalue weighted by Crippen LogP contribution is -2.39. The van der Waals surface area contributed by atoms with Gasteiger partial charge in [0.15, 0.2) is 0 Å². The van der Waals surface area contributed by atoms with E-state index in [0.717, 1.165) is 12.1 Å². The third-order valence-electron chi connectivity index (χ3n) is 4.09. The molecule has 0 N–H and O–H groups in total. The highest BCUT2D eigenvalue weighted by atomic mass is 35.5. The van der Waals surface area contributed by atoms with Crippen molar-refractivity contribution in [2.45, 2.75) is 19.0 Å². The van der Waals surface area contributed by atoms with Crippen molar-refractivity contribution in [2.75, 3.05) is 37.5 Å². The van der Waals surface area contributed by atoms with E-state index in [4.69, 9.17) is 16.1 Å². The lowest BCUT2D eigenvalue weighted by atomic mass is 10.2. The van der Waals surface area contributed by atoms with Crippen LogP contribution in [0.1, 0.15) is 12.3 Å². The summed E-state index contributed by atoms with van der Waals surface area (Å²) in [6, 6.07) is 7.17. The highest BCUT2D eigenvalue weighted by Crippen LogP contribution is 2.30. The highest BCUT2D eigenvalue weighted by molar-refractivity contribution is 6.33. The second-order valence-electron chi connectivity index (χ2n) is 6.04. The van der Waals surface area contributed by atoms with E-state index in [1.807, 2.05) is 44.2 Å². The monoisotopic (exact) mass is 349 g/mol. The van der Waals surface area contributed by atoms with Crippen molar-refractivity contribution in [1.29, 1.82) is 0 Å². The fraction of sp³-hybridized carbons (Fsp3) is 0.438. The van der Waals surface area contributed by atoms with Crippen molar-refractivity contribution < 1.29 is 9.32 Å². The largest absolute Gasteiger partial charge is 0.344 e. The number of nitrogens with zero attached hydrogens (tertiary/aromatic N) is 5. The average Bonchev–Trinajstić information content (AvgIpc) is 3.15. The normalized spacial score (nSPS) is 17.8. The van der Waals surface area contributed by atoms with Gasteiger partial charge in [0.05, 0.1) is 23.3 Å². The summed E-state index contributed by atoms with van der Waals surface area (Å²) in [5.41, 5.74) is 0.757. The Morgan fingerprint density at radius 3 is 2.75 bits per heavy atom. The van der Waals surface area contributed by atoms with Gasteiger partial charge >= 0.3 is 0 Å². The van der Waals surface area contributed by atoms with E-state index in [1.165, 1.54) is 0 Å². The van der Waals surface area contributed by atoms with Gasteiger partial charge in [-0.15, -0.1) is 0 Å². The Balaban J connectivity index is 1.69. The zero-order chi connectivity index (χ0) is 17.3. The minimum absolute atomic E-state index is 0.0398. The average molecular weight is 350 g/mol. The highest BCUT2D eigenvalue weighted by Gasteiger charge is 2.36. The Hall–Kier alpha value is -2.12. The van der Waals surface area contributed by atoms with Crippen LogP contribution in [0.15, 0.2) is 28.8 Å². The number of likely N-dealkylation sites (N-methyl/N-ethyl adjacent to an activating group) is 1. The first-order valence-corrected chi connectivity index (χ1v) is 8.11. The molecule has 1 aliphatic heterocycles. The number of anilines is 2. The molecule has 0 saturated carbocycles. The number of carbonyl (C=O) groups is 1. The molecule has 24 heavy (non-hydrogen) atoms. The summed E-state index contributed by atoms with van der Waals surface area (Å²) < 4.78 is 5.23. The summed E-state index contributed by atoms with van der Waals surface area (Å²) in [4.78, 5) is 22.5. The molecule has 0 bridgehead atoms. The molecule has 1 aromatic carbocycles. The van der Waals surface area contributed by atoms with Gasteiger partial charge in [0.2, 0.25) is 11.8 Å². The van der Waals surface area contributed by atoms with Crippen molar-refractivity contribution in [1.82, 2.24) is 15.0 Å². The second-order valence-corrected chi connectivity index (χ2v) is 6.45. The molecule has 1 amide bonds. The van der Waals surface area contributed by atoms with Crippen molar-refractivity contribution >= 4 is 29.1 Å². The Kier molecular flexibility index (Phi) is 4.73. The van der Waals surface area contributed by atoms with Gasteiger partial charge in [0, 0.05) is 20.6 Å². The summed E-state index contributed by atoms with van der Waals surface area (Å²) in [7, 11) is 5.58. The first-order valence-electron chi connectivity index (χ1n) is 7.73. The first-order chi connectivity index (χ1) is 11.5. The van der Waals surface area contributed by atoms with Crippen LogP contribution in [-0.4, -0.2) is 54.7 Å². The molecular weight excluding hydrogens is 330 g/mol. The van der Waals surface area contributed by atoms with Gasteiger partial charge in [-0.25, -0.2) is 0 Å². The maximum absolute atomic E-state index is 12.8. The molecule has 128 valence electrons. The standard InChI is InChI=1S/C16H20ClN5O2/c1-20(2)16-18-14(24-19-16)10-21(3)13-8-9-22(15(13)23)12-7-5-4-6-11(12)17/h4-7,13H,8-10H2,1-3H3. The number of rotatable bonds is 5. The van der Waals surface area contributed by atoms with Crippen LogP contribution in [0.4, 0.5) is 11.6 Å². The molecule has 7 nitrogen and oxygen atoms in total. The number of hydrogen-bond acceptors (Lipinski definition) is 6. The Morgan fingerprint density at radius 1 is 1.33 bits per heavy atom. The molecule has 8 heteroatoms. The predicted octanol–water partition coefficient (Wildman–Crippen LogP) is 2.03. The van der Waals surface area contributed by atoms with E-state index in [0.29, 0.717) is 30.0 Å². The van der Waals surface area contributed by atoms with Gasteiger partial charge in [0.1, 0.15) is 0 Å². The Labute approximate surface area is 145 Å². The van der Waals surface area contributed by atoms with E-state index in [2.05, 4.69) is 10.1 Å². The van der Waals surface area contributed by atoms with Crippen molar-refractivity contribution in [2.24, 2.45) is 0 Å².